The number of pyridine rings is 1. The van der Waals surface area contributed by atoms with Gasteiger partial charge in [0.25, 0.3) is 0 Å². The summed E-state index contributed by atoms with van der Waals surface area (Å²) >= 11 is 0. The molecule has 0 fully saturated rings. The molecule has 2 heterocycles. The predicted molar refractivity (Wildman–Crippen MR) is 60.4 cm³/mol. The lowest BCUT2D eigenvalue weighted by Gasteiger charge is -2.06. The first kappa shape index (κ1) is 12.6. The molecule has 2 nitrogen and oxygen atoms in total. The first-order valence-corrected chi connectivity index (χ1v) is 5.46. The number of aromatic nitrogens is 2. The molecule has 0 spiro atoms. The average molecular weight is 284 g/mol. The Morgan fingerprint density at radius 1 is 0.800 bits per heavy atom. The molecule has 1 aromatic carbocycles. The van der Waals surface area contributed by atoms with Gasteiger partial charge in [-0.3, -0.25) is 0 Å². The molecule has 3 rings (SSSR count). The molecule has 0 N–H and O–H groups in total. The van der Waals surface area contributed by atoms with E-state index < -0.39 is 34.6 Å². The summed E-state index contributed by atoms with van der Waals surface area (Å²) in [6.07, 6.45) is 2.76. The minimum absolute atomic E-state index is 0.232. The van der Waals surface area contributed by atoms with E-state index in [2.05, 4.69) is 4.98 Å². The van der Waals surface area contributed by atoms with Crippen LogP contribution in [0.15, 0.2) is 30.7 Å². The Bertz CT molecular complexity index is 796. The van der Waals surface area contributed by atoms with Gasteiger partial charge in [-0.1, -0.05) is 6.07 Å². The highest BCUT2D eigenvalue weighted by Gasteiger charge is 2.28. The third kappa shape index (κ3) is 1.59. The molecule has 0 aliphatic carbocycles. The number of rotatable bonds is 1. The molecule has 0 saturated carbocycles. The molecule has 0 aliphatic heterocycles. The Balaban J connectivity index is 2.41. The molecule has 2 aromatic heterocycles. The monoisotopic (exact) mass is 284 g/mol. The van der Waals surface area contributed by atoms with Crippen LogP contribution >= 0.6 is 0 Å². The van der Waals surface area contributed by atoms with Crippen molar-refractivity contribution in [3.8, 4) is 11.3 Å². The molecule has 0 radical (unpaired) electrons. The Morgan fingerprint density at radius 3 is 2.05 bits per heavy atom. The van der Waals surface area contributed by atoms with Crippen LogP contribution in [0.1, 0.15) is 0 Å². The van der Waals surface area contributed by atoms with Crippen molar-refractivity contribution in [3.05, 3.63) is 59.8 Å². The zero-order valence-electron chi connectivity index (χ0n) is 9.67. The second kappa shape index (κ2) is 4.29. The smallest absolute Gasteiger partial charge is 0.200 e. The number of imidazole rings is 1. The van der Waals surface area contributed by atoms with Gasteiger partial charge < -0.3 is 4.40 Å². The van der Waals surface area contributed by atoms with Crippen LogP contribution in [0.4, 0.5) is 22.0 Å². The fourth-order valence-corrected chi connectivity index (χ4v) is 1.95. The normalized spacial score (nSPS) is 11.2. The first-order valence-electron chi connectivity index (χ1n) is 5.46. The third-order valence-corrected chi connectivity index (χ3v) is 2.89. The molecular weight excluding hydrogens is 279 g/mol. The molecule has 3 aromatic rings. The lowest BCUT2D eigenvalue weighted by Crippen LogP contribution is -2.04. The summed E-state index contributed by atoms with van der Waals surface area (Å²) in [6.45, 7) is 0. The fraction of sp³-hybridized carbons (Fsp3) is 0. The highest BCUT2D eigenvalue weighted by Crippen LogP contribution is 2.32. The van der Waals surface area contributed by atoms with Crippen LogP contribution in [0.2, 0.25) is 0 Å². The van der Waals surface area contributed by atoms with Gasteiger partial charge in [-0.2, -0.15) is 0 Å². The molecular formula is C13H5F5N2. The van der Waals surface area contributed by atoms with Crippen molar-refractivity contribution in [3.63, 3.8) is 0 Å². The minimum Gasteiger partial charge on any atom is -0.306 e. The van der Waals surface area contributed by atoms with Crippen molar-refractivity contribution in [1.82, 2.24) is 9.38 Å². The lowest BCUT2D eigenvalue weighted by atomic mass is 10.1. The van der Waals surface area contributed by atoms with E-state index in [0.29, 0.717) is 0 Å². The van der Waals surface area contributed by atoms with Gasteiger partial charge in [0.1, 0.15) is 5.69 Å². The van der Waals surface area contributed by atoms with Gasteiger partial charge in [0.2, 0.25) is 5.82 Å². The molecule has 0 amide bonds. The molecule has 0 atom stereocenters. The van der Waals surface area contributed by atoms with Crippen molar-refractivity contribution in [2.45, 2.75) is 0 Å². The molecule has 0 bridgehead atoms. The summed E-state index contributed by atoms with van der Waals surface area (Å²) in [5, 5.41) is 0. The van der Waals surface area contributed by atoms with E-state index in [1.165, 1.54) is 23.0 Å². The summed E-state index contributed by atoms with van der Waals surface area (Å²) in [7, 11) is 0. The molecule has 0 unspecified atom stereocenters. The summed E-state index contributed by atoms with van der Waals surface area (Å²) < 4.78 is 68.3. The standard InChI is InChI=1S/C13H5F5N2/c14-8-7(9(15)11(17)12(18)10(8)16)13-6-3-1-2-4-20(6)5-19-13/h1-5H. The van der Waals surface area contributed by atoms with E-state index in [0.717, 1.165) is 0 Å². The Hall–Kier alpha value is -2.44. The Morgan fingerprint density at radius 2 is 1.40 bits per heavy atom. The van der Waals surface area contributed by atoms with E-state index in [1.807, 2.05) is 0 Å². The fourth-order valence-electron chi connectivity index (χ4n) is 1.95. The topological polar surface area (TPSA) is 17.3 Å². The van der Waals surface area contributed by atoms with Crippen molar-refractivity contribution in [2.24, 2.45) is 0 Å². The maximum absolute atomic E-state index is 13.7. The van der Waals surface area contributed by atoms with Gasteiger partial charge in [-0.05, 0) is 12.1 Å². The van der Waals surface area contributed by atoms with Gasteiger partial charge in [-0.25, -0.2) is 26.9 Å². The van der Waals surface area contributed by atoms with Crippen LogP contribution in [0.5, 0.6) is 0 Å². The van der Waals surface area contributed by atoms with Gasteiger partial charge >= 0.3 is 0 Å². The quantitative estimate of drug-likeness (QED) is 0.378. The van der Waals surface area contributed by atoms with Crippen LogP contribution < -0.4 is 0 Å². The van der Waals surface area contributed by atoms with Crippen LogP contribution in [-0.2, 0) is 0 Å². The summed E-state index contributed by atoms with van der Waals surface area (Å²) in [5.41, 5.74) is -1.11. The second-order valence-corrected chi connectivity index (χ2v) is 4.03. The molecule has 20 heavy (non-hydrogen) atoms. The number of fused-ring (bicyclic) bond motifs is 1. The number of benzene rings is 1. The number of halogens is 5. The van der Waals surface area contributed by atoms with Crippen molar-refractivity contribution in [2.75, 3.05) is 0 Å². The summed E-state index contributed by atoms with van der Waals surface area (Å²) in [5.74, 6) is -9.96. The molecule has 7 heteroatoms. The Labute approximate surface area is 109 Å². The summed E-state index contributed by atoms with van der Waals surface area (Å²) in [4.78, 5) is 3.73. The predicted octanol–water partition coefficient (Wildman–Crippen LogP) is 3.70. The average Bonchev–Trinajstić information content (AvgIpc) is 2.87. The number of hydrogen-bond acceptors (Lipinski definition) is 1. The van der Waals surface area contributed by atoms with Gasteiger partial charge in [-0.15, -0.1) is 0 Å². The van der Waals surface area contributed by atoms with E-state index in [1.54, 1.807) is 12.1 Å². The number of nitrogens with zero attached hydrogens (tertiary/aromatic N) is 2. The third-order valence-electron chi connectivity index (χ3n) is 2.89. The molecule has 102 valence electrons. The lowest BCUT2D eigenvalue weighted by molar-refractivity contribution is 0.381. The van der Waals surface area contributed by atoms with Crippen molar-refractivity contribution < 1.29 is 22.0 Å². The van der Waals surface area contributed by atoms with Crippen molar-refractivity contribution >= 4 is 5.52 Å². The van der Waals surface area contributed by atoms with Crippen LogP contribution in [-0.4, -0.2) is 9.38 Å². The van der Waals surface area contributed by atoms with E-state index in [4.69, 9.17) is 0 Å². The molecule has 0 saturated heterocycles. The maximum atomic E-state index is 13.7. The van der Waals surface area contributed by atoms with Crippen LogP contribution in [0.3, 0.4) is 0 Å². The Kier molecular flexibility index (Phi) is 2.70. The highest BCUT2D eigenvalue weighted by molar-refractivity contribution is 5.78. The van der Waals surface area contributed by atoms with Crippen molar-refractivity contribution in [1.29, 1.82) is 0 Å². The highest BCUT2D eigenvalue weighted by atomic mass is 19.2. The van der Waals surface area contributed by atoms with E-state index in [-0.39, 0.29) is 11.2 Å². The SMILES string of the molecule is Fc1c(F)c(F)c(-c2ncn3ccccc23)c(F)c1F. The van der Waals surface area contributed by atoms with E-state index in [9.17, 15) is 22.0 Å². The van der Waals surface area contributed by atoms with Gasteiger partial charge in [0, 0.05) is 6.20 Å². The summed E-state index contributed by atoms with van der Waals surface area (Å²) in [6, 6.07) is 4.66. The van der Waals surface area contributed by atoms with Crippen LogP contribution in [0, 0.1) is 29.1 Å². The molecule has 0 aliphatic rings. The van der Waals surface area contributed by atoms with Gasteiger partial charge in [0.05, 0.1) is 17.4 Å². The maximum Gasteiger partial charge on any atom is 0.200 e. The number of hydrogen-bond donors (Lipinski definition) is 0. The van der Waals surface area contributed by atoms with E-state index >= 15 is 0 Å². The zero-order chi connectivity index (χ0) is 14.4. The van der Waals surface area contributed by atoms with Gasteiger partial charge in [0.15, 0.2) is 23.3 Å². The largest absolute Gasteiger partial charge is 0.306 e. The second-order valence-electron chi connectivity index (χ2n) is 4.03. The zero-order valence-corrected chi connectivity index (χ0v) is 9.67. The van der Waals surface area contributed by atoms with Crippen LogP contribution in [0.25, 0.3) is 16.8 Å². The first-order chi connectivity index (χ1) is 9.52. The minimum atomic E-state index is -2.19.